The lowest BCUT2D eigenvalue weighted by Gasteiger charge is -2.35. The third-order valence-electron chi connectivity index (χ3n) is 5.38. The van der Waals surface area contributed by atoms with E-state index in [9.17, 15) is 4.79 Å². The van der Waals surface area contributed by atoms with Crippen molar-refractivity contribution >= 4 is 5.91 Å². The van der Waals surface area contributed by atoms with Crippen LogP contribution in [0.25, 0.3) is 0 Å². The van der Waals surface area contributed by atoms with Gasteiger partial charge in [-0.2, -0.15) is 0 Å². The first-order chi connectivity index (χ1) is 10.1. The number of nitrogens with zero attached hydrogens (tertiary/aromatic N) is 1. The van der Waals surface area contributed by atoms with Crippen molar-refractivity contribution in [3.8, 4) is 0 Å². The van der Waals surface area contributed by atoms with Crippen molar-refractivity contribution in [2.24, 2.45) is 11.7 Å². The summed E-state index contributed by atoms with van der Waals surface area (Å²) >= 11 is 0. The van der Waals surface area contributed by atoms with Gasteiger partial charge in [0.25, 0.3) is 0 Å². The summed E-state index contributed by atoms with van der Waals surface area (Å²) in [5.41, 5.74) is 5.32. The van der Waals surface area contributed by atoms with Gasteiger partial charge in [0, 0.05) is 6.04 Å². The first-order valence-corrected chi connectivity index (χ1v) is 8.93. The first-order valence-electron chi connectivity index (χ1n) is 8.93. The van der Waals surface area contributed by atoms with Gasteiger partial charge in [0.2, 0.25) is 5.91 Å². The maximum atomic E-state index is 12.0. The molecule has 0 aromatic carbocycles. The Morgan fingerprint density at radius 3 is 2.62 bits per heavy atom. The second-order valence-electron chi connectivity index (χ2n) is 6.86. The lowest BCUT2D eigenvalue weighted by molar-refractivity contribution is -0.126. The molecular formula is C17H33N3O. The Labute approximate surface area is 129 Å². The average Bonchev–Trinajstić information content (AvgIpc) is 3.21. The summed E-state index contributed by atoms with van der Waals surface area (Å²) in [6, 6.07) is 0.820. The molecule has 2 unspecified atom stereocenters. The van der Waals surface area contributed by atoms with Gasteiger partial charge in [-0.25, -0.2) is 0 Å². The second kappa shape index (κ2) is 7.59. The van der Waals surface area contributed by atoms with Crippen LogP contribution in [0, 0.1) is 5.92 Å². The van der Waals surface area contributed by atoms with Crippen LogP contribution >= 0.6 is 0 Å². The fourth-order valence-electron chi connectivity index (χ4n) is 4.03. The molecule has 4 heteroatoms. The van der Waals surface area contributed by atoms with E-state index < -0.39 is 5.54 Å². The molecule has 0 radical (unpaired) electrons. The molecule has 0 aromatic rings. The SMILES string of the molecule is CCCCN(CCC1CCCC1(NCC)C(N)=O)C1CC1. The summed E-state index contributed by atoms with van der Waals surface area (Å²) in [7, 11) is 0. The van der Waals surface area contributed by atoms with E-state index in [1.807, 2.05) is 0 Å². The molecular weight excluding hydrogens is 262 g/mol. The summed E-state index contributed by atoms with van der Waals surface area (Å²) in [6.07, 6.45) is 9.56. The van der Waals surface area contributed by atoms with Crippen molar-refractivity contribution in [1.82, 2.24) is 10.2 Å². The molecule has 4 nitrogen and oxygen atoms in total. The number of hydrogen-bond acceptors (Lipinski definition) is 3. The van der Waals surface area contributed by atoms with Crippen LogP contribution in [-0.2, 0) is 4.79 Å². The summed E-state index contributed by atoms with van der Waals surface area (Å²) in [4.78, 5) is 14.7. The number of primary amides is 1. The zero-order valence-corrected chi connectivity index (χ0v) is 13.9. The third-order valence-corrected chi connectivity index (χ3v) is 5.38. The smallest absolute Gasteiger partial charge is 0.238 e. The van der Waals surface area contributed by atoms with Gasteiger partial charge in [0.15, 0.2) is 0 Å². The zero-order chi connectivity index (χ0) is 15.3. The van der Waals surface area contributed by atoms with Crippen LogP contribution in [0.4, 0.5) is 0 Å². The number of unbranched alkanes of at least 4 members (excludes halogenated alkanes) is 1. The van der Waals surface area contributed by atoms with Crippen molar-refractivity contribution < 1.29 is 4.79 Å². The minimum absolute atomic E-state index is 0.140. The molecule has 0 saturated heterocycles. The minimum atomic E-state index is -0.436. The Bertz CT molecular complexity index is 343. The monoisotopic (exact) mass is 295 g/mol. The standard InChI is InChI=1S/C17H33N3O/c1-3-5-12-20(15-8-9-15)13-10-14-7-6-11-17(14,16(18)21)19-4-2/h14-15,19H,3-13H2,1-2H3,(H2,18,21). The highest BCUT2D eigenvalue weighted by atomic mass is 16.1. The molecule has 2 saturated carbocycles. The highest BCUT2D eigenvalue weighted by Gasteiger charge is 2.47. The molecule has 0 spiro atoms. The largest absolute Gasteiger partial charge is 0.368 e. The Morgan fingerprint density at radius 1 is 1.29 bits per heavy atom. The average molecular weight is 295 g/mol. The van der Waals surface area contributed by atoms with Gasteiger partial charge < -0.3 is 16.0 Å². The van der Waals surface area contributed by atoms with Crippen LogP contribution in [0.3, 0.4) is 0 Å². The number of likely N-dealkylation sites (N-methyl/N-ethyl adjacent to an activating group) is 1. The Kier molecular flexibility index (Phi) is 6.06. The number of amides is 1. The number of hydrogen-bond donors (Lipinski definition) is 2. The molecule has 122 valence electrons. The quantitative estimate of drug-likeness (QED) is 0.650. The third kappa shape index (κ3) is 3.98. The van der Waals surface area contributed by atoms with E-state index in [-0.39, 0.29) is 5.91 Å². The van der Waals surface area contributed by atoms with E-state index in [0.29, 0.717) is 5.92 Å². The highest BCUT2D eigenvalue weighted by Crippen LogP contribution is 2.38. The summed E-state index contributed by atoms with van der Waals surface area (Å²) in [6.45, 7) is 7.50. The maximum absolute atomic E-state index is 12.0. The van der Waals surface area contributed by atoms with E-state index in [1.165, 1.54) is 32.2 Å². The first kappa shape index (κ1) is 16.8. The van der Waals surface area contributed by atoms with Crippen molar-refractivity contribution in [2.75, 3.05) is 19.6 Å². The van der Waals surface area contributed by atoms with Crippen LogP contribution in [0.2, 0.25) is 0 Å². The van der Waals surface area contributed by atoms with Gasteiger partial charge in [-0.05, 0) is 64.1 Å². The Balaban J connectivity index is 1.91. The molecule has 2 aliphatic carbocycles. The molecule has 0 heterocycles. The molecule has 21 heavy (non-hydrogen) atoms. The fraction of sp³-hybridized carbons (Fsp3) is 0.941. The van der Waals surface area contributed by atoms with Crippen LogP contribution in [0.5, 0.6) is 0 Å². The van der Waals surface area contributed by atoms with Crippen molar-refractivity contribution in [3.05, 3.63) is 0 Å². The molecule has 0 aromatic heterocycles. The minimum Gasteiger partial charge on any atom is -0.368 e. The normalized spacial score (nSPS) is 29.2. The van der Waals surface area contributed by atoms with Gasteiger partial charge >= 0.3 is 0 Å². The fourth-order valence-corrected chi connectivity index (χ4v) is 4.03. The van der Waals surface area contributed by atoms with Gasteiger partial charge in [-0.15, -0.1) is 0 Å². The van der Waals surface area contributed by atoms with E-state index in [4.69, 9.17) is 5.73 Å². The number of carbonyl (C=O) groups excluding carboxylic acids is 1. The van der Waals surface area contributed by atoms with E-state index >= 15 is 0 Å². The van der Waals surface area contributed by atoms with Crippen molar-refractivity contribution in [2.45, 2.75) is 76.8 Å². The predicted octanol–water partition coefficient (Wildman–Crippen LogP) is 2.27. The van der Waals surface area contributed by atoms with Crippen LogP contribution < -0.4 is 11.1 Å². The number of rotatable bonds is 10. The molecule has 2 atom stereocenters. The zero-order valence-electron chi connectivity index (χ0n) is 13.9. The predicted molar refractivity (Wildman–Crippen MR) is 87.1 cm³/mol. The summed E-state index contributed by atoms with van der Waals surface area (Å²) < 4.78 is 0. The van der Waals surface area contributed by atoms with Crippen LogP contribution in [-0.4, -0.2) is 42.0 Å². The lowest BCUT2D eigenvalue weighted by atomic mass is 9.83. The highest BCUT2D eigenvalue weighted by molar-refractivity contribution is 5.85. The number of nitrogens with two attached hydrogens (primary N) is 1. The molecule has 0 bridgehead atoms. The molecule has 2 rings (SSSR count). The van der Waals surface area contributed by atoms with Gasteiger partial charge in [0.1, 0.15) is 5.54 Å². The molecule has 1 amide bonds. The van der Waals surface area contributed by atoms with Crippen LogP contribution in [0.1, 0.15) is 65.2 Å². The van der Waals surface area contributed by atoms with Gasteiger partial charge in [-0.3, -0.25) is 4.79 Å². The van der Waals surface area contributed by atoms with E-state index in [2.05, 4.69) is 24.1 Å². The molecule has 2 aliphatic rings. The number of carbonyl (C=O) groups is 1. The number of nitrogens with one attached hydrogen (secondary N) is 1. The molecule has 0 aliphatic heterocycles. The second-order valence-corrected chi connectivity index (χ2v) is 6.86. The van der Waals surface area contributed by atoms with Crippen molar-refractivity contribution in [3.63, 3.8) is 0 Å². The topological polar surface area (TPSA) is 58.4 Å². The van der Waals surface area contributed by atoms with E-state index in [1.54, 1.807) is 0 Å². The Hall–Kier alpha value is -0.610. The summed E-state index contributed by atoms with van der Waals surface area (Å²) in [5.74, 6) is 0.274. The summed E-state index contributed by atoms with van der Waals surface area (Å²) in [5, 5.41) is 3.43. The van der Waals surface area contributed by atoms with Gasteiger partial charge in [-0.1, -0.05) is 26.7 Å². The van der Waals surface area contributed by atoms with Crippen LogP contribution in [0.15, 0.2) is 0 Å². The maximum Gasteiger partial charge on any atom is 0.238 e. The van der Waals surface area contributed by atoms with Crippen molar-refractivity contribution in [1.29, 1.82) is 0 Å². The molecule has 3 N–H and O–H groups in total. The van der Waals surface area contributed by atoms with E-state index in [0.717, 1.165) is 44.8 Å². The lowest BCUT2D eigenvalue weighted by Crippen LogP contribution is -2.58. The Morgan fingerprint density at radius 2 is 2.05 bits per heavy atom. The molecule has 2 fully saturated rings. The van der Waals surface area contributed by atoms with Gasteiger partial charge in [0.05, 0.1) is 0 Å².